The van der Waals surface area contributed by atoms with Crippen molar-refractivity contribution in [2.24, 2.45) is 0 Å². The first kappa shape index (κ1) is 9.32. The Hall–Kier alpha value is 0.916. The Kier molecular flexibility index (Phi) is 9.17. The summed E-state index contributed by atoms with van der Waals surface area (Å²) in [7, 11) is 0. The number of carbonyl (C=O) groups is 1. The zero-order valence-electron chi connectivity index (χ0n) is 4.99. The quantitative estimate of drug-likeness (QED) is 0.367. The number of carbonyl (C=O) groups excluding carboxylic acids is 1. The van der Waals surface area contributed by atoms with Crippen LogP contribution < -0.4 is 0 Å². The van der Waals surface area contributed by atoms with E-state index in [1.165, 1.54) is 6.92 Å². The molecule has 0 unspecified atom stereocenters. The minimum atomic E-state index is -0.0208. The minimum Gasteiger partial charge on any atom is -1.00 e. The SMILES string of the molecule is CC(=O)Br.[H-].[H-].[Mg+2]. The summed E-state index contributed by atoms with van der Waals surface area (Å²) in [5.41, 5.74) is 0. The average molecular weight is 149 g/mol. The van der Waals surface area contributed by atoms with E-state index in [1.54, 1.807) is 0 Å². The van der Waals surface area contributed by atoms with E-state index in [-0.39, 0.29) is 30.6 Å². The first-order chi connectivity index (χ1) is 1.73. The van der Waals surface area contributed by atoms with Gasteiger partial charge in [0.2, 0.25) is 0 Å². The second kappa shape index (κ2) is 4.92. The fourth-order valence-corrected chi connectivity index (χ4v) is 0. The van der Waals surface area contributed by atoms with E-state index in [4.69, 9.17) is 0 Å². The standard InChI is InChI=1S/C2H3BrO.Mg.2H/c1-2(3)4;;;/h1H3;;;/q;+2;2*-1. The van der Waals surface area contributed by atoms with Gasteiger partial charge in [-0.25, -0.2) is 0 Å². The Balaban J connectivity index is -0.0000000150. The molecule has 0 aromatic heterocycles. The van der Waals surface area contributed by atoms with Gasteiger partial charge in [0.25, 0.3) is 0 Å². The van der Waals surface area contributed by atoms with E-state index in [2.05, 4.69) is 15.9 Å². The second-order valence-corrected chi connectivity index (χ2v) is 1.59. The normalized spacial score (nSPS) is 5.20. The van der Waals surface area contributed by atoms with Crippen molar-refractivity contribution in [3.63, 3.8) is 0 Å². The van der Waals surface area contributed by atoms with E-state index < -0.39 is 0 Å². The van der Waals surface area contributed by atoms with Crippen LogP contribution in [0.15, 0.2) is 0 Å². The third-order valence-electron chi connectivity index (χ3n) is 0. The van der Waals surface area contributed by atoms with E-state index in [9.17, 15) is 4.79 Å². The van der Waals surface area contributed by atoms with Crippen molar-refractivity contribution in [2.75, 3.05) is 0 Å². The Morgan fingerprint density at radius 3 is 2.00 bits per heavy atom. The summed E-state index contributed by atoms with van der Waals surface area (Å²) in [6.07, 6.45) is 0. The van der Waals surface area contributed by atoms with Crippen LogP contribution in [0, 0.1) is 0 Å². The van der Waals surface area contributed by atoms with Gasteiger partial charge in [0.15, 0.2) is 4.69 Å². The average Bonchev–Trinajstić information content (AvgIpc) is 0.811. The molecule has 0 rings (SSSR count). The van der Waals surface area contributed by atoms with Crippen molar-refractivity contribution in [3.8, 4) is 0 Å². The smallest absolute Gasteiger partial charge is 1.00 e. The summed E-state index contributed by atoms with van der Waals surface area (Å²) in [6, 6.07) is 0. The Morgan fingerprint density at radius 2 is 2.00 bits per heavy atom. The molecule has 0 fully saturated rings. The number of hydrogen-bond donors (Lipinski definition) is 0. The molecule has 0 N–H and O–H groups in total. The maximum Gasteiger partial charge on any atom is 2.00 e. The van der Waals surface area contributed by atoms with Gasteiger partial charge < -0.3 is 2.85 Å². The van der Waals surface area contributed by atoms with Gasteiger partial charge in [0, 0.05) is 6.92 Å². The van der Waals surface area contributed by atoms with Gasteiger partial charge in [-0.15, -0.1) is 0 Å². The van der Waals surface area contributed by atoms with Gasteiger partial charge in [-0.3, -0.25) is 4.79 Å². The van der Waals surface area contributed by atoms with Gasteiger partial charge in [-0.1, -0.05) is 0 Å². The summed E-state index contributed by atoms with van der Waals surface area (Å²) >= 11 is 2.63. The Morgan fingerprint density at radius 1 is 2.00 bits per heavy atom. The molecule has 1 nitrogen and oxygen atoms in total. The van der Waals surface area contributed by atoms with Gasteiger partial charge in [-0.05, 0) is 15.9 Å². The van der Waals surface area contributed by atoms with Crippen molar-refractivity contribution >= 4 is 43.7 Å². The summed E-state index contributed by atoms with van der Waals surface area (Å²) in [6.45, 7) is 1.44. The molecule has 0 radical (unpaired) electrons. The minimum absolute atomic E-state index is 0. The van der Waals surface area contributed by atoms with E-state index in [0.29, 0.717) is 0 Å². The molecule has 0 heterocycles. The molecule has 0 spiro atoms. The van der Waals surface area contributed by atoms with Crippen LogP contribution >= 0.6 is 15.9 Å². The molecule has 0 aliphatic rings. The zero-order chi connectivity index (χ0) is 3.58. The fraction of sp³-hybridized carbons (Fsp3) is 0.500. The van der Waals surface area contributed by atoms with Gasteiger partial charge in [0.1, 0.15) is 0 Å². The molecule has 28 valence electrons. The summed E-state index contributed by atoms with van der Waals surface area (Å²) in [5.74, 6) is 0. The van der Waals surface area contributed by atoms with E-state index in [0.717, 1.165) is 0 Å². The third kappa shape index (κ3) is 49.8. The molecule has 0 bridgehead atoms. The maximum atomic E-state index is 9.36. The van der Waals surface area contributed by atoms with Crippen LogP contribution in [-0.4, -0.2) is 27.7 Å². The van der Waals surface area contributed by atoms with E-state index in [1.807, 2.05) is 0 Å². The fourth-order valence-electron chi connectivity index (χ4n) is 0. The summed E-state index contributed by atoms with van der Waals surface area (Å²) in [4.78, 5) is 9.36. The van der Waals surface area contributed by atoms with Crippen LogP contribution in [0.3, 0.4) is 0 Å². The van der Waals surface area contributed by atoms with Crippen molar-refractivity contribution in [1.29, 1.82) is 0 Å². The van der Waals surface area contributed by atoms with Gasteiger partial charge in [0.05, 0.1) is 0 Å². The van der Waals surface area contributed by atoms with Crippen LogP contribution in [-0.2, 0) is 4.79 Å². The largest absolute Gasteiger partial charge is 2.00 e. The molecule has 0 aliphatic carbocycles. The topological polar surface area (TPSA) is 17.1 Å². The molecule has 5 heavy (non-hydrogen) atoms. The summed E-state index contributed by atoms with van der Waals surface area (Å²) in [5, 5.41) is 0. The van der Waals surface area contributed by atoms with Crippen LogP contribution in [0.4, 0.5) is 0 Å². The van der Waals surface area contributed by atoms with Crippen LogP contribution in [0.5, 0.6) is 0 Å². The zero-order valence-corrected chi connectivity index (χ0v) is 5.99. The second-order valence-electron chi connectivity index (χ2n) is 0.470. The number of halogens is 1. The molecule has 0 aromatic carbocycles. The molecule has 0 atom stereocenters. The molecule has 0 aliphatic heterocycles. The van der Waals surface area contributed by atoms with Gasteiger partial charge >= 0.3 is 23.1 Å². The molecule has 0 saturated heterocycles. The van der Waals surface area contributed by atoms with Gasteiger partial charge in [-0.2, -0.15) is 0 Å². The van der Waals surface area contributed by atoms with Crippen LogP contribution in [0.2, 0.25) is 0 Å². The van der Waals surface area contributed by atoms with Crippen LogP contribution in [0.25, 0.3) is 0 Å². The van der Waals surface area contributed by atoms with Crippen molar-refractivity contribution < 1.29 is 7.65 Å². The molecular weight excluding hydrogens is 144 g/mol. The number of rotatable bonds is 0. The monoisotopic (exact) mass is 148 g/mol. The van der Waals surface area contributed by atoms with Crippen LogP contribution in [0.1, 0.15) is 9.78 Å². The maximum absolute atomic E-state index is 9.36. The molecule has 3 heteroatoms. The van der Waals surface area contributed by atoms with Crippen molar-refractivity contribution in [1.82, 2.24) is 0 Å². The van der Waals surface area contributed by atoms with E-state index >= 15 is 0 Å². The Bertz CT molecular complexity index is 38.7. The molecule has 0 saturated carbocycles. The van der Waals surface area contributed by atoms with Crippen molar-refractivity contribution in [2.45, 2.75) is 6.92 Å². The first-order valence-corrected chi connectivity index (χ1v) is 1.69. The summed E-state index contributed by atoms with van der Waals surface area (Å²) < 4.78 is -0.0208. The molecular formula is C2H5BrMgO. The molecule has 0 aromatic rings. The predicted molar refractivity (Wildman–Crippen MR) is 27.6 cm³/mol. The van der Waals surface area contributed by atoms with Crippen molar-refractivity contribution in [3.05, 3.63) is 0 Å². The first-order valence-electron chi connectivity index (χ1n) is 0.893. The Labute approximate surface area is 58.4 Å². The third-order valence-corrected chi connectivity index (χ3v) is 0. The molecule has 0 amide bonds. The predicted octanol–water partition coefficient (Wildman–Crippen LogP) is 0.772. The number of hydrogen-bond acceptors (Lipinski definition) is 1.